The third-order valence-corrected chi connectivity index (χ3v) is 4.53. The molecule has 2 aromatic carbocycles. The number of para-hydroxylation sites is 1. The van der Waals surface area contributed by atoms with Gasteiger partial charge in [-0.2, -0.15) is 0 Å². The van der Waals surface area contributed by atoms with Crippen LogP contribution in [0.15, 0.2) is 53.4 Å². The Kier molecular flexibility index (Phi) is 5.09. The molecule has 0 bridgehead atoms. The second-order valence-corrected chi connectivity index (χ2v) is 6.62. The smallest absolute Gasteiger partial charge is 0.263 e. The van der Waals surface area contributed by atoms with E-state index >= 15 is 0 Å². The first kappa shape index (κ1) is 15.7. The highest BCUT2D eigenvalue weighted by molar-refractivity contribution is 7.92. The van der Waals surface area contributed by atoms with E-state index in [0.29, 0.717) is 22.9 Å². The topological polar surface area (TPSA) is 58.2 Å². The predicted octanol–water partition coefficient (Wildman–Crippen LogP) is 3.96. The molecule has 0 radical (unpaired) electrons. The van der Waals surface area contributed by atoms with Crippen LogP contribution in [-0.2, 0) is 10.0 Å². The number of halogens is 1. The molecule has 0 aliphatic heterocycles. The molecule has 6 heteroatoms. The largest absolute Gasteiger partial charge is 0.384 e. The van der Waals surface area contributed by atoms with Gasteiger partial charge in [0.05, 0.1) is 5.69 Å². The summed E-state index contributed by atoms with van der Waals surface area (Å²) in [5.74, 6) is 0. The number of benzene rings is 2. The van der Waals surface area contributed by atoms with Crippen molar-refractivity contribution in [1.82, 2.24) is 0 Å². The molecule has 0 aromatic heterocycles. The zero-order chi connectivity index (χ0) is 15.3. The van der Waals surface area contributed by atoms with E-state index in [1.54, 1.807) is 48.5 Å². The lowest BCUT2D eigenvalue weighted by Crippen LogP contribution is -2.15. The molecule has 21 heavy (non-hydrogen) atoms. The van der Waals surface area contributed by atoms with E-state index in [-0.39, 0.29) is 4.90 Å². The summed E-state index contributed by atoms with van der Waals surface area (Å²) in [5, 5.41) is 3.68. The maximum Gasteiger partial charge on any atom is 0.263 e. The van der Waals surface area contributed by atoms with Crippen LogP contribution in [0.4, 0.5) is 11.4 Å². The van der Waals surface area contributed by atoms with Crippen LogP contribution in [0.5, 0.6) is 0 Å². The lowest BCUT2D eigenvalue weighted by molar-refractivity contribution is 0.601. The first-order valence-corrected chi connectivity index (χ1v) is 8.50. The molecule has 0 saturated heterocycles. The number of sulfonamides is 1. The minimum Gasteiger partial charge on any atom is -0.384 e. The predicted molar refractivity (Wildman–Crippen MR) is 87.5 cm³/mol. The van der Waals surface area contributed by atoms with Gasteiger partial charge in [0.1, 0.15) is 4.90 Å². The van der Waals surface area contributed by atoms with Gasteiger partial charge < -0.3 is 5.32 Å². The number of rotatable bonds is 6. The Labute approximate surface area is 130 Å². The first-order chi connectivity index (χ1) is 10.0. The van der Waals surface area contributed by atoms with Crippen LogP contribution in [0.3, 0.4) is 0 Å². The molecule has 2 rings (SSSR count). The summed E-state index contributed by atoms with van der Waals surface area (Å²) in [7, 11) is -3.64. The van der Waals surface area contributed by atoms with Gasteiger partial charge in [0.2, 0.25) is 0 Å². The molecular formula is C15H17ClN2O2S. The van der Waals surface area contributed by atoms with Gasteiger partial charge >= 0.3 is 0 Å². The fourth-order valence-electron chi connectivity index (χ4n) is 1.83. The van der Waals surface area contributed by atoms with Gasteiger partial charge in [-0.25, -0.2) is 8.42 Å². The van der Waals surface area contributed by atoms with Crippen molar-refractivity contribution in [3.05, 3.63) is 53.6 Å². The molecule has 0 spiro atoms. The summed E-state index contributed by atoms with van der Waals surface area (Å²) in [4.78, 5) is 0.230. The van der Waals surface area contributed by atoms with Crippen LogP contribution in [0.25, 0.3) is 0 Å². The highest BCUT2D eigenvalue weighted by Gasteiger charge is 2.18. The number of anilines is 2. The lowest BCUT2D eigenvalue weighted by Gasteiger charge is -2.13. The van der Waals surface area contributed by atoms with E-state index in [2.05, 4.69) is 10.0 Å². The van der Waals surface area contributed by atoms with Crippen molar-refractivity contribution in [2.75, 3.05) is 16.6 Å². The fourth-order valence-corrected chi connectivity index (χ4v) is 3.20. The molecule has 0 heterocycles. The van der Waals surface area contributed by atoms with Crippen molar-refractivity contribution < 1.29 is 8.42 Å². The maximum absolute atomic E-state index is 12.5. The van der Waals surface area contributed by atoms with E-state index in [1.165, 1.54) is 0 Å². The average molecular weight is 325 g/mol. The summed E-state index contributed by atoms with van der Waals surface area (Å²) in [6.45, 7) is 2.74. The molecule has 0 amide bonds. The third-order valence-electron chi connectivity index (χ3n) is 2.84. The Morgan fingerprint density at radius 2 is 1.71 bits per heavy atom. The second kappa shape index (κ2) is 6.83. The molecule has 2 aromatic rings. The zero-order valence-corrected chi connectivity index (χ0v) is 13.2. The number of hydrogen-bond acceptors (Lipinski definition) is 3. The van der Waals surface area contributed by atoms with Crippen molar-refractivity contribution in [2.45, 2.75) is 18.2 Å². The van der Waals surface area contributed by atoms with Crippen LogP contribution in [0.2, 0.25) is 5.02 Å². The Morgan fingerprint density at radius 3 is 2.38 bits per heavy atom. The number of hydrogen-bond donors (Lipinski definition) is 2. The molecule has 0 fully saturated rings. The van der Waals surface area contributed by atoms with Crippen molar-refractivity contribution in [1.29, 1.82) is 0 Å². The van der Waals surface area contributed by atoms with Gasteiger partial charge in [0, 0.05) is 17.3 Å². The van der Waals surface area contributed by atoms with E-state index in [4.69, 9.17) is 11.6 Å². The summed E-state index contributed by atoms with van der Waals surface area (Å²) in [5.41, 5.74) is 1.07. The highest BCUT2D eigenvalue weighted by Crippen LogP contribution is 2.24. The van der Waals surface area contributed by atoms with E-state index in [9.17, 15) is 8.42 Å². The van der Waals surface area contributed by atoms with Crippen LogP contribution >= 0.6 is 11.6 Å². The zero-order valence-electron chi connectivity index (χ0n) is 11.6. The normalized spacial score (nSPS) is 11.1. The van der Waals surface area contributed by atoms with E-state index in [1.807, 2.05) is 6.92 Å². The first-order valence-electron chi connectivity index (χ1n) is 6.64. The molecule has 4 nitrogen and oxygen atoms in total. The summed E-state index contributed by atoms with van der Waals surface area (Å²) < 4.78 is 27.5. The van der Waals surface area contributed by atoms with E-state index < -0.39 is 10.0 Å². The Bertz CT molecular complexity index is 700. The molecule has 2 N–H and O–H groups in total. The van der Waals surface area contributed by atoms with Gasteiger partial charge in [-0.15, -0.1) is 0 Å². The molecular weight excluding hydrogens is 308 g/mol. The monoisotopic (exact) mass is 324 g/mol. The van der Waals surface area contributed by atoms with Crippen LogP contribution in [0.1, 0.15) is 13.3 Å². The number of nitrogens with one attached hydrogen (secondary N) is 2. The van der Waals surface area contributed by atoms with Crippen LogP contribution < -0.4 is 10.0 Å². The molecule has 0 atom stereocenters. The Hall–Kier alpha value is -1.72. The SMILES string of the molecule is CCCNc1ccccc1S(=O)(=O)Nc1ccc(Cl)cc1. The van der Waals surface area contributed by atoms with Gasteiger partial charge in [-0.05, 0) is 42.8 Å². The van der Waals surface area contributed by atoms with Gasteiger partial charge in [-0.3, -0.25) is 4.72 Å². The van der Waals surface area contributed by atoms with E-state index in [0.717, 1.165) is 6.42 Å². The standard InChI is InChI=1S/C15H17ClN2O2S/c1-2-11-17-14-5-3-4-6-15(14)21(19,20)18-13-9-7-12(16)8-10-13/h3-10,17-18H,2,11H2,1H3. The van der Waals surface area contributed by atoms with Gasteiger partial charge in [-0.1, -0.05) is 30.7 Å². The highest BCUT2D eigenvalue weighted by atomic mass is 35.5. The fraction of sp³-hybridized carbons (Fsp3) is 0.200. The molecule has 0 aliphatic carbocycles. The molecule has 0 unspecified atom stereocenters. The molecule has 112 valence electrons. The summed E-state index contributed by atoms with van der Waals surface area (Å²) in [6, 6.07) is 13.4. The quantitative estimate of drug-likeness (QED) is 0.845. The lowest BCUT2D eigenvalue weighted by atomic mass is 10.3. The van der Waals surface area contributed by atoms with Gasteiger partial charge in [0.15, 0.2) is 0 Å². The second-order valence-electron chi connectivity index (χ2n) is 4.54. The van der Waals surface area contributed by atoms with Crippen LogP contribution in [-0.4, -0.2) is 15.0 Å². The minimum atomic E-state index is -3.64. The van der Waals surface area contributed by atoms with Crippen molar-refractivity contribution in [3.8, 4) is 0 Å². The summed E-state index contributed by atoms with van der Waals surface area (Å²) >= 11 is 5.80. The summed E-state index contributed by atoms with van der Waals surface area (Å²) in [6.07, 6.45) is 0.916. The van der Waals surface area contributed by atoms with Gasteiger partial charge in [0.25, 0.3) is 10.0 Å². The van der Waals surface area contributed by atoms with Crippen molar-refractivity contribution in [3.63, 3.8) is 0 Å². The minimum absolute atomic E-state index is 0.230. The van der Waals surface area contributed by atoms with Crippen molar-refractivity contribution in [2.24, 2.45) is 0 Å². The van der Waals surface area contributed by atoms with Crippen molar-refractivity contribution >= 4 is 33.0 Å². The maximum atomic E-state index is 12.5. The Morgan fingerprint density at radius 1 is 1.05 bits per heavy atom. The molecule has 0 saturated carbocycles. The molecule has 0 aliphatic rings. The average Bonchev–Trinajstić information content (AvgIpc) is 2.47. The Balaban J connectivity index is 2.29. The third kappa shape index (κ3) is 4.12. The van der Waals surface area contributed by atoms with Crippen LogP contribution in [0, 0.1) is 0 Å².